The first kappa shape index (κ1) is 23.1. The summed E-state index contributed by atoms with van der Waals surface area (Å²) >= 11 is 0. The smallest absolute Gasteiger partial charge is 0.290 e. The maximum absolute atomic E-state index is 14.1. The zero-order chi connectivity index (χ0) is 24.4. The van der Waals surface area contributed by atoms with Crippen molar-refractivity contribution < 1.29 is 23.1 Å². The summed E-state index contributed by atoms with van der Waals surface area (Å²) in [5.74, 6) is -0.235. The lowest BCUT2D eigenvalue weighted by Gasteiger charge is -2.41. The van der Waals surface area contributed by atoms with Crippen LogP contribution in [0.25, 0.3) is 0 Å². The minimum atomic E-state index is -0.579. The predicted octanol–water partition coefficient (Wildman–Crippen LogP) is 3.34. The monoisotopic (exact) mass is 477 g/mol. The van der Waals surface area contributed by atoms with E-state index in [2.05, 4.69) is 4.90 Å². The molecule has 0 unspecified atom stereocenters. The fourth-order valence-corrected chi connectivity index (χ4v) is 4.90. The van der Waals surface area contributed by atoms with Crippen LogP contribution in [0.15, 0.2) is 65.3 Å². The highest BCUT2D eigenvalue weighted by Gasteiger charge is 2.38. The summed E-state index contributed by atoms with van der Waals surface area (Å²) < 4.78 is 24.4. The molecule has 1 aromatic heterocycles. The van der Waals surface area contributed by atoms with E-state index in [-0.39, 0.29) is 29.1 Å². The maximum atomic E-state index is 14.1. The summed E-state index contributed by atoms with van der Waals surface area (Å²) in [4.78, 5) is 32.5. The van der Waals surface area contributed by atoms with Crippen LogP contribution in [0.1, 0.15) is 27.2 Å². The minimum absolute atomic E-state index is 0.0467. The molecular weight excluding hydrogens is 449 g/mol. The van der Waals surface area contributed by atoms with Crippen LogP contribution in [0.4, 0.5) is 4.39 Å². The van der Waals surface area contributed by atoms with E-state index >= 15 is 0 Å². The summed E-state index contributed by atoms with van der Waals surface area (Å²) in [5, 5.41) is 0. The average molecular weight is 478 g/mol. The third-order valence-electron chi connectivity index (χ3n) is 6.83. The van der Waals surface area contributed by atoms with Crippen molar-refractivity contribution in [2.45, 2.75) is 25.6 Å². The van der Waals surface area contributed by atoms with Crippen molar-refractivity contribution in [2.24, 2.45) is 0 Å². The number of carbonyl (C=O) groups excluding carboxylic acids is 2. The van der Waals surface area contributed by atoms with Gasteiger partial charge in [0.2, 0.25) is 5.91 Å². The zero-order valence-corrected chi connectivity index (χ0v) is 19.7. The second-order valence-corrected chi connectivity index (χ2v) is 8.97. The van der Waals surface area contributed by atoms with E-state index in [1.807, 2.05) is 35.2 Å². The molecule has 182 valence electrons. The van der Waals surface area contributed by atoms with Crippen LogP contribution in [0.2, 0.25) is 0 Å². The number of hydrogen-bond acceptors (Lipinski definition) is 5. The Morgan fingerprint density at radius 1 is 1.03 bits per heavy atom. The molecule has 35 heavy (non-hydrogen) atoms. The van der Waals surface area contributed by atoms with Gasteiger partial charge in [0.05, 0.1) is 13.4 Å². The van der Waals surface area contributed by atoms with Gasteiger partial charge in [-0.25, -0.2) is 4.39 Å². The third-order valence-corrected chi connectivity index (χ3v) is 6.83. The molecule has 0 radical (unpaired) electrons. The second-order valence-electron chi connectivity index (χ2n) is 8.97. The van der Waals surface area contributed by atoms with Crippen molar-refractivity contribution in [1.29, 1.82) is 0 Å². The van der Waals surface area contributed by atoms with E-state index in [0.29, 0.717) is 45.7 Å². The molecule has 7 nitrogen and oxygen atoms in total. The molecule has 0 N–H and O–H groups in total. The second kappa shape index (κ2) is 9.92. The van der Waals surface area contributed by atoms with Gasteiger partial charge >= 0.3 is 0 Å². The lowest BCUT2D eigenvalue weighted by molar-refractivity contribution is -0.138. The Balaban J connectivity index is 1.27. The van der Waals surface area contributed by atoms with Crippen LogP contribution in [0.3, 0.4) is 0 Å². The number of methoxy groups -OCH3 is 1. The third kappa shape index (κ3) is 4.79. The highest BCUT2D eigenvalue weighted by Crippen LogP contribution is 2.27. The topological polar surface area (TPSA) is 66.2 Å². The van der Waals surface area contributed by atoms with Crippen LogP contribution >= 0.6 is 0 Å². The van der Waals surface area contributed by atoms with Crippen molar-refractivity contribution in [3.8, 4) is 5.75 Å². The van der Waals surface area contributed by atoms with Gasteiger partial charge in [-0.3, -0.25) is 14.5 Å². The molecule has 1 fully saturated rings. The van der Waals surface area contributed by atoms with Crippen molar-refractivity contribution in [3.05, 3.63) is 89.1 Å². The normalized spacial score (nSPS) is 18.3. The lowest BCUT2D eigenvalue weighted by atomic mass is 9.92. The number of piperazine rings is 1. The summed E-state index contributed by atoms with van der Waals surface area (Å²) in [6, 6.07) is 15.7. The van der Waals surface area contributed by atoms with Crippen molar-refractivity contribution in [2.75, 3.05) is 33.3 Å². The van der Waals surface area contributed by atoms with Gasteiger partial charge in [-0.2, -0.15) is 0 Å². The maximum Gasteiger partial charge on any atom is 0.290 e. The quantitative estimate of drug-likeness (QED) is 0.564. The summed E-state index contributed by atoms with van der Waals surface area (Å²) in [7, 11) is 1.45. The summed E-state index contributed by atoms with van der Waals surface area (Å²) in [6.45, 7) is 3.43. The van der Waals surface area contributed by atoms with Crippen LogP contribution in [0.5, 0.6) is 5.75 Å². The molecule has 2 aliphatic rings. The highest BCUT2D eigenvalue weighted by molar-refractivity contribution is 5.96. The number of hydrogen-bond donors (Lipinski definition) is 0. The summed E-state index contributed by atoms with van der Waals surface area (Å²) in [6.07, 6.45) is 1.95. The van der Waals surface area contributed by atoms with E-state index < -0.39 is 6.04 Å². The standard InChI is InChI=1S/C27H28FN3O4/c1-34-24-9-8-19(15-22(24)28)17-29-10-12-30(13-11-29)26(32)23-16-20-5-2-3-6-21(20)18-31(23)27(33)25-7-4-14-35-25/h2-9,14-15,23H,10-13,16-18H2,1H3/t23-/m0/s1. The lowest BCUT2D eigenvalue weighted by Crippen LogP contribution is -2.57. The van der Waals surface area contributed by atoms with Crippen LogP contribution in [0, 0.1) is 5.82 Å². The molecule has 8 heteroatoms. The predicted molar refractivity (Wildman–Crippen MR) is 127 cm³/mol. The molecule has 0 aliphatic carbocycles. The first-order chi connectivity index (χ1) is 17.0. The molecule has 1 saturated heterocycles. The number of amides is 2. The SMILES string of the molecule is COc1ccc(CN2CCN(C(=O)[C@@H]3Cc4ccccc4CN3C(=O)c3ccco3)CC2)cc1F. The Kier molecular flexibility index (Phi) is 6.55. The molecule has 2 amide bonds. The molecule has 0 bridgehead atoms. The molecule has 5 rings (SSSR count). The number of ether oxygens (including phenoxy) is 1. The van der Waals surface area contributed by atoms with Gasteiger partial charge in [0.1, 0.15) is 6.04 Å². The molecule has 2 aliphatic heterocycles. The Labute approximate surface area is 203 Å². The molecule has 1 atom stereocenters. The molecule has 0 spiro atoms. The van der Waals surface area contributed by atoms with Crippen molar-refractivity contribution in [1.82, 2.24) is 14.7 Å². The first-order valence-electron chi connectivity index (χ1n) is 11.8. The van der Waals surface area contributed by atoms with E-state index in [0.717, 1.165) is 16.7 Å². The van der Waals surface area contributed by atoms with E-state index in [4.69, 9.17) is 9.15 Å². The highest BCUT2D eigenvalue weighted by atomic mass is 19.1. The Morgan fingerprint density at radius 3 is 2.49 bits per heavy atom. The Bertz CT molecular complexity index is 1200. The molecule has 0 saturated carbocycles. The number of benzene rings is 2. The number of furan rings is 1. The van der Waals surface area contributed by atoms with Crippen LogP contribution in [-0.2, 0) is 24.3 Å². The average Bonchev–Trinajstić information content (AvgIpc) is 3.43. The number of carbonyl (C=O) groups is 2. The molecule has 2 aromatic carbocycles. The zero-order valence-electron chi connectivity index (χ0n) is 19.7. The van der Waals surface area contributed by atoms with E-state index in [1.54, 1.807) is 23.1 Å². The van der Waals surface area contributed by atoms with Crippen molar-refractivity contribution >= 4 is 11.8 Å². The molecule has 3 aromatic rings. The van der Waals surface area contributed by atoms with Gasteiger partial charge in [-0.05, 0) is 41.0 Å². The number of fused-ring (bicyclic) bond motifs is 1. The number of nitrogens with zero attached hydrogens (tertiary/aromatic N) is 3. The van der Waals surface area contributed by atoms with Crippen LogP contribution < -0.4 is 4.74 Å². The Morgan fingerprint density at radius 2 is 1.80 bits per heavy atom. The summed E-state index contributed by atoms with van der Waals surface area (Å²) in [5.41, 5.74) is 3.00. The van der Waals surface area contributed by atoms with Crippen molar-refractivity contribution in [3.63, 3.8) is 0 Å². The van der Waals surface area contributed by atoms with Crippen LogP contribution in [-0.4, -0.2) is 65.8 Å². The van der Waals surface area contributed by atoms with Gasteiger partial charge in [0.15, 0.2) is 17.3 Å². The van der Waals surface area contributed by atoms with Gasteiger partial charge in [0, 0.05) is 45.7 Å². The number of rotatable bonds is 5. The molecular formula is C27H28FN3O4. The first-order valence-corrected chi connectivity index (χ1v) is 11.8. The fourth-order valence-electron chi connectivity index (χ4n) is 4.90. The van der Waals surface area contributed by atoms with Gasteiger partial charge in [-0.15, -0.1) is 0 Å². The van der Waals surface area contributed by atoms with Gasteiger partial charge in [0.25, 0.3) is 5.91 Å². The fraction of sp³-hybridized carbons (Fsp3) is 0.333. The van der Waals surface area contributed by atoms with E-state index in [1.165, 1.54) is 19.4 Å². The minimum Gasteiger partial charge on any atom is -0.494 e. The van der Waals surface area contributed by atoms with E-state index in [9.17, 15) is 14.0 Å². The van der Waals surface area contributed by atoms with Gasteiger partial charge < -0.3 is 19.0 Å². The molecule has 3 heterocycles. The number of halogens is 1. The Hall–Kier alpha value is -3.65. The van der Waals surface area contributed by atoms with Gasteiger partial charge in [-0.1, -0.05) is 30.3 Å². The largest absolute Gasteiger partial charge is 0.494 e.